The van der Waals surface area contributed by atoms with Gasteiger partial charge < -0.3 is 28.7 Å². The average molecular weight is 506 g/mol. The number of hydrogen-bond donors (Lipinski definition) is 0. The van der Waals surface area contributed by atoms with Crippen LogP contribution in [0, 0.1) is 5.92 Å². The Kier molecular flexibility index (Phi) is 6.12. The molecule has 1 fully saturated rings. The lowest BCUT2D eigenvalue weighted by Gasteiger charge is -2.56. The van der Waals surface area contributed by atoms with Gasteiger partial charge in [-0.2, -0.15) is 0 Å². The first-order valence-electron chi connectivity index (χ1n) is 13.3. The molecule has 2 aliphatic heterocycles. The molecule has 6 rings (SSSR count). The first-order valence-corrected chi connectivity index (χ1v) is 13.3. The van der Waals surface area contributed by atoms with Crippen LogP contribution in [-0.4, -0.2) is 79.5 Å². The van der Waals surface area contributed by atoms with Gasteiger partial charge in [0.25, 0.3) is 5.91 Å². The molecule has 2 aromatic rings. The number of nitrogens with zero attached hydrogens (tertiary/aromatic N) is 3. The minimum Gasteiger partial charge on any atom is -0.481 e. The highest BCUT2D eigenvalue weighted by molar-refractivity contribution is 5.92. The van der Waals surface area contributed by atoms with Crippen LogP contribution in [0.15, 0.2) is 42.5 Å². The highest BCUT2D eigenvalue weighted by Gasteiger charge is 2.65. The molecule has 2 bridgehead atoms. The maximum Gasteiger partial charge on any atom is 0.272 e. The molecular weight excluding hydrogens is 470 g/mol. The maximum atomic E-state index is 12.9. The Morgan fingerprint density at radius 1 is 1.22 bits per heavy atom. The Balaban J connectivity index is 1.37. The molecule has 2 aliphatic carbocycles. The summed E-state index contributed by atoms with van der Waals surface area (Å²) < 4.78 is 24.4. The fourth-order valence-electron chi connectivity index (χ4n) is 6.96. The third kappa shape index (κ3) is 3.64. The van der Waals surface area contributed by atoms with Crippen molar-refractivity contribution >= 4 is 5.91 Å². The van der Waals surface area contributed by atoms with Crippen LogP contribution in [0.1, 0.15) is 41.9 Å². The van der Waals surface area contributed by atoms with Crippen molar-refractivity contribution in [1.29, 1.82) is 0 Å². The van der Waals surface area contributed by atoms with Crippen LogP contribution in [0.3, 0.4) is 0 Å². The van der Waals surface area contributed by atoms with E-state index in [4.69, 9.17) is 18.9 Å². The SMILES string of the molecule is CCN(CC)C(=O)c1cccc(O[C@H]2C=C[C@H]3[C@H]4Cc5ccc(OCOC)c6c5[C@@]3(CCN4C)[C@H]2O6)n1. The number of piperidine rings is 1. The van der Waals surface area contributed by atoms with Crippen LogP contribution in [0.2, 0.25) is 0 Å². The van der Waals surface area contributed by atoms with Gasteiger partial charge in [0.1, 0.15) is 11.8 Å². The van der Waals surface area contributed by atoms with Crippen molar-refractivity contribution in [2.45, 2.75) is 50.4 Å². The molecule has 5 atom stereocenters. The zero-order valence-electron chi connectivity index (χ0n) is 22.0. The second kappa shape index (κ2) is 9.33. The van der Waals surface area contributed by atoms with Crippen molar-refractivity contribution in [3.05, 3.63) is 59.3 Å². The molecule has 37 heavy (non-hydrogen) atoms. The molecular formula is C29H35N3O5. The number of likely N-dealkylation sites (N-methyl/N-ethyl adjacent to an activating group) is 1. The molecule has 0 saturated carbocycles. The predicted molar refractivity (Wildman–Crippen MR) is 138 cm³/mol. The Labute approximate surface area is 218 Å². The number of benzene rings is 1. The molecule has 1 aromatic heterocycles. The minimum absolute atomic E-state index is 0.0900. The van der Waals surface area contributed by atoms with Crippen molar-refractivity contribution in [2.75, 3.05) is 40.6 Å². The highest BCUT2D eigenvalue weighted by Crippen LogP contribution is 2.62. The molecule has 1 saturated heterocycles. The molecule has 0 radical (unpaired) electrons. The van der Waals surface area contributed by atoms with Crippen LogP contribution in [-0.2, 0) is 16.6 Å². The molecule has 0 unspecified atom stereocenters. The Morgan fingerprint density at radius 2 is 2.05 bits per heavy atom. The van der Waals surface area contributed by atoms with E-state index >= 15 is 0 Å². The van der Waals surface area contributed by atoms with Gasteiger partial charge in [-0.25, -0.2) is 4.98 Å². The molecule has 8 nitrogen and oxygen atoms in total. The Hall–Kier alpha value is -3.10. The number of rotatable bonds is 8. The monoisotopic (exact) mass is 505 g/mol. The van der Waals surface area contributed by atoms with Gasteiger partial charge in [-0.1, -0.05) is 18.2 Å². The van der Waals surface area contributed by atoms with E-state index in [1.807, 2.05) is 32.0 Å². The van der Waals surface area contributed by atoms with E-state index in [2.05, 4.69) is 35.1 Å². The van der Waals surface area contributed by atoms with Crippen LogP contribution in [0.4, 0.5) is 0 Å². The van der Waals surface area contributed by atoms with Crippen molar-refractivity contribution in [1.82, 2.24) is 14.8 Å². The number of aromatic nitrogens is 1. The smallest absolute Gasteiger partial charge is 0.272 e. The number of carbonyl (C=O) groups excluding carboxylic acids is 1. The number of ether oxygens (including phenoxy) is 4. The second-order valence-electron chi connectivity index (χ2n) is 10.4. The van der Waals surface area contributed by atoms with Gasteiger partial charge in [0, 0.05) is 49.2 Å². The van der Waals surface area contributed by atoms with E-state index < -0.39 is 0 Å². The van der Waals surface area contributed by atoms with Gasteiger partial charge in [0.05, 0.1) is 0 Å². The largest absolute Gasteiger partial charge is 0.481 e. The maximum absolute atomic E-state index is 12.9. The summed E-state index contributed by atoms with van der Waals surface area (Å²) in [6.07, 6.45) is 5.85. The summed E-state index contributed by atoms with van der Waals surface area (Å²) in [4.78, 5) is 21.7. The van der Waals surface area contributed by atoms with Crippen molar-refractivity contribution in [3.8, 4) is 17.4 Å². The van der Waals surface area contributed by atoms with Crippen LogP contribution in [0.25, 0.3) is 0 Å². The fraction of sp³-hybridized carbons (Fsp3) is 0.517. The highest BCUT2D eigenvalue weighted by atomic mass is 16.7. The standard InChI is InChI=1S/C29H35N3O5/c1-5-32(6-2)28(33)20-8-7-9-24(30-20)36-23-13-11-19-21-16-18-10-12-22(35-17-34-4)26-25(18)29(19,27(23)37-26)14-15-31(21)3/h7-13,19,21,23,27H,5-6,14-17H2,1-4H3/t19-,21+,23-,27-,29-/m0/s1. The van der Waals surface area contributed by atoms with E-state index in [0.717, 1.165) is 25.1 Å². The number of likely N-dealkylation sites (tertiary alicyclic amines) is 1. The molecule has 8 heteroatoms. The van der Waals surface area contributed by atoms with E-state index in [1.54, 1.807) is 18.1 Å². The van der Waals surface area contributed by atoms with Gasteiger partial charge in [0.2, 0.25) is 5.88 Å². The molecule has 196 valence electrons. The van der Waals surface area contributed by atoms with E-state index in [0.29, 0.717) is 42.4 Å². The van der Waals surface area contributed by atoms with E-state index in [9.17, 15) is 4.79 Å². The predicted octanol–water partition coefficient (Wildman–Crippen LogP) is 3.44. The summed E-state index contributed by atoms with van der Waals surface area (Å²) in [7, 11) is 3.84. The summed E-state index contributed by atoms with van der Waals surface area (Å²) in [6.45, 7) is 6.37. The van der Waals surface area contributed by atoms with Crippen LogP contribution in [0.5, 0.6) is 17.4 Å². The Bertz CT molecular complexity index is 1230. The average Bonchev–Trinajstić information content (AvgIpc) is 3.27. The normalized spacial score (nSPS) is 28.9. The minimum atomic E-state index is -0.347. The number of methoxy groups -OCH3 is 1. The number of pyridine rings is 1. The van der Waals surface area contributed by atoms with Gasteiger partial charge in [-0.05, 0) is 64.1 Å². The third-order valence-electron chi connectivity index (χ3n) is 8.70. The molecule has 4 aliphatic rings. The quantitative estimate of drug-likeness (QED) is 0.402. The van der Waals surface area contributed by atoms with Crippen LogP contribution < -0.4 is 14.2 Å². The van der Waals surface area contributed by atoms with Crippen molar-refractivity contribution in [2.24, 2.45) is 5.92 Å². The molecule has 1 aromatic carbocycles. The lowest BCUT2D eigenvalue weighted by Crippen LogP contribution is -2.65. The summed E-state index contributed by atoms with van der Waals surface area (Å²) in [5, 5.41) is 0. The van der Waals surface area contributed by atoms with Gasteiger partial charge >= 0.3 is 0 Å². The topological polar surface area (TPSA) is 73.4 Å². The third-order valence-corrected chi connectivity index (χ3v) is 8.70. The van der Waals surface area contributed by atoms with Gasteiger partial charge in [0.15, 0.2) is 24.4 Å². The first kappa shape index (κ1) is 24.2. The molecule has 3 heterocycles. The second-order valence-corrected chi connectivity index (χ2v) is 10.4. The summed E-state index contributed by atoms with van der Waals surface area (Å²) in [5.74, 6) is 2.20. The summed E-state index contributed by atoms with van der Waals surface area (Å²) in [5.41, 5.74) is 2.80. The van der Waals surface area contributed by atoms with Gasteiger partial charge in [-0.15, -0.1) is 0 Å². The molecule has 1 spiro atoms. The Morgan fingerprint density at radius 3 is 2.84 bits per heavy atom. The van der Waals surface area contributed by atoms with E-state index in [-0.39, 0.29) is 30.3 Å². The molecule has 0 N–H and O–H groups in total. The lowest BCUT2D eigenvalue weighted by molar-refractivity contribution is -0.0397. The first-order chi connectivity index (χ1) is 18.0. The van der Waals surface area contributed by atoms with E-state index in [1.165, 1.54) is 11.1 Å². The zero-order chi connectivity index (χ0) is 25.7. The zero-order valence-corrected chi connectivity index (χ0v) is 22.0. The lowest BCUT2D eigenvalue weighted by atomic mass is 9.53. The van der Waals surface area contributed by atoms with Gasteiger partial charge in [-0.3, -0.25) is 4.79 Å². The summed E-state index contributed by atoms with van der Waals surface area (Å²) in [6, 6.07) is 10.00. The number of hydrogen-bond acceptors (Lipinski definition) is 7. The molecule has 1 amide bonds. The van der Waals surface area contributed by atoms with Crippen molar-refractivity contribution in [3.63, 3.8) is 0 Å². The summed E-state index contributed by atoms with van der Waals surface area (Å²) >= 11 is 0. The fourth-order valence-corrected chi connectivity index (χ4v) is 6.96. The number of carbonyl (C=O) groups is 1. The van der Waals surface area contributed by atoms with Crippen LogP contribution >= 0.6 is 0 Å². The number of amides is 1. The van der Waals surface area contributed by atoms with Crippen molar-refractivity contribution < 1.29 is 23.7 Å².